The van der Waals surface area contributed by atoms with Gasteiger partial charge in [-0.2, -0.15) is 5.10 Å². The van der Waals surface area contributed by atoms with Crippen molar-refractivity contribution in [3.63, 3.8) is 0 Å². The van der Waals surface area contributed by atoms with Crippen LogP contribution in [0.5, 0.6) is 0 Å². The summed E-state index contributed by atoms with van der Waals surface area (Å²) in [7, 11) is 3.69. The Kier molecular flexibility index (Phi) is 5.89. The molecule has 3 N–H and O–H groups in total. The molecule has 6 rings (SSSR count). The van der Waals surface area contributed by atoms with Gasteiger partial charge in [-0.3, -0.25) is 19.9 Å². The fraction of sp³-hybridized carbons (Fsp3) is 0.103. The van der Waals surface area contributed by atoms with E-state index in [9.17, 15) is 9.18 Å². The van der Waals surface area contributed by atoms with E-state index in [1.54, 1.807) is 30.7 Å². The molecule has 0 saturated carbocycles. The normalized spacial score (nSPS) is 11.5. The van der Waals surface area contributed by atoms with Crippen LogP contribution in [0.15, 0.2) is 79.3 Å². The Hall–Kier alpha value is -4.89. The Bertz CT molecular complexity index is 1790. The number of hydrogen-bond acceptors (Lipinski definition) is 5. The van der Waals surface area contributed by atoms with Gasteiger partial charge in [-0.1, -0.05) is 6.07 Å². The van der Waals surface area contributed by atoms with Crippen molar-refractivity contribution in [1.29, 1.82) is 0 Å². The van der Waals surface area contributed by atoms with Crippen molar-refractivity contribution in [3.05, 3.63) is 85.1 Å². The molecule has 0 aliphatic heterocycles. The van der Waals surface area contributed by atoms with E-state index < -0.39 is 0 Å². The summed E-state index contributed by atoms with van der Waals surface area (Å²) in [5.41, 5.74) is 7.47. The van der Waals surface area contributed by atoms with Gasteiger partial charge in [-0.05, 0) is 74.3 Å². The minimum atomic E-state index is -0.286. The number of nitrogens with one attached hydrogen (secondary N) is 3. The van der Waals surface area contributed by atoms with Gasteiger partial charge in [0.25, 0.3) is 0 Å². The second kappa shape index (κ2) is 9.53. The summed E-state index contributed by atoms with van der Waals surface area (Å²) in [5, 5.41) is 12.5. The van der Waals surface area contributed by atoms with Gasteiger partial charge in [0, 0.05) is 39.8 Å². The van der Waals surface area contributed by atoms with Crippen LogP contribution in [0.3, 0.4) is 0 Å². The lowest BCUT2D eigenvalue weighted by atomic mass is 10.0. The minimum Gasteiger partial charge on any atom is -0.353 e. The lowest BCUT2D eigenvalue weighted by Gasteiger charge is -2.11. The van der Waals surface area contributed by atoms with Crippen LogP contribution in [0.1, 0.15) is 0 Å². The number of aromatic amines is 2. The predicted molar refractivity (Wildman–Crippen MR) is 147 cm³/mol. The highest BCUT2D eigenvalue weighted by Crippen LogP contribution is 2.34. The van der Waals surface area contributed by atoms with Crippen molar-refractivity contribution in [2.24, 2.45) is 0 Å². The van der Waals surface area contributed by atoms with Crippen LogP contribution in [0.25, 0.3) is 55.6 Å². The molecule has 1 amide bonds. The third-order valence-electron chi connectivity index (χ3n) is 6.30. The molecule has 188 valence electrons. The van der Waals surface area contributed by atoms with Crippen LogP contribution in [0.2, 0.25) is 0 Å². The number of nitrogens with zero attached hydrogens (tertiary/aromatic N) is 4. The number of benzene rings is 2. The van der Waals surface area contributed by atoms with E-state index >= 15 is 0 Å². The number of halogens is 1. The molecule has 0 fully saturated rings. The topological polar surface area (TPSA) is 103 Å². The molecule has 0 atom stereocenters. The summed E-state index contributed by atoms with van der Waals surface area (Å²) in [6.45, 7) is 0.289. The molecule has 0 aliphatic rings. The van der Waals surface area contributed by atoms with Crippen molar-refractivity contribution in [3.8, 4) is 33.8 Å². The zero-order valence-electron chi connectivity index (χ0n) is 20.8. The first-order chi connectivity index (χ1) is 18.4. The number of amides is 1. The number of carbonyl (C=O) groups excluding carboxylic acids is 1. The van der Waals surface area contributed by atoms with E-state index in [4.69, 9.17) is 0 Å². The predicted octanol–water partition coefficient (Wildman–Crippen LogP) is 5.47. The number of fused-ring (bicyclic) bond motifs is 2. The fourth-order valence-corrected chi connectivity index (χ4v) is 4.57. The van der Waals surface area contributed by atoms with Crippen LogP contribution < -0.4 is 5.32 Å². The molecule has 38 heavy (non-hydrogen) atoms. The van der Waals surface area contributed by atoms with Crippen LogP contribution in [0, 0.1) is 5.82 Å². The molecule has 0 saturated heterocycles. The van der Waals surface area contributed by atoms with Gasteiger partial charge in [-0.25, -0.2) is 4.39 Å². The number of hydrogen-bond donors (Lipinski definition) is 3. The average molecular weight is 506 g/mol. The Balaban J connectivity index is 1.38. The van der Waals surface area contributed by atoms with E-state index in [2.05, 4.69) is 36.5 Å². The second-order valence-electron chi connectivity index (χ2n) is 9.39. The van der Waals surface area contributed by atoms with Gasteiger partial charge in [0.05, 0.1) is 35.3 Å². The number of H-pyrrole nitrogens is 2. The van der Waals surface area contributed by atoms with Crippen LogP contribution in [0.4, 0.5) is 10.1 Å². The molecule has 8 nitrogen and oxygen atoms in total. The largest absolute Gasteiger partial charge is 0.353 e. The summed E-state index contributed by atoms with van der Waals surface area (Å²) in [5.74, 6) is -0.388. The molecule has 4 heterocycles. The van der Waals surface area contributed by atoms with Crippen LogP contribution in [-0.2, 0) is 4.79 Å². The van der Waals surface area contributed by atoms with Gasteiger partial charge in [-0.15, -0.1) is 0 Å². The Morgan fingerprint density at radius 2 is 1.68 bits per heavy atom. The van der Waals surface area contributed by atoms with E-state index in [0.29, 0.717) is 5.69 Å². The first kappa shape index (κ1) is 23.5. The molecule has 0 bridgehead atoms. The number of pyridine rings is 2. The Morgan fingerprint density at radius 1 is 0.895 bits per heavy atom. The summed E-state index contributed by atoms with van der Waals surface area (Å²) >= 11 is 0. The molecule has 0 unspecified atom stereocenters. The molecule has 0 radical (unpaired) electrons. The molecule has 0 spiro atoms. The maximum Gasteiger partial charge on any atom is 0.238 e. The highest BCUT2D eigenvalue weighted by Gasteiger charge is 2.15. The van der Waals surface area contributed by atoms with Crippen molar-refractivity contribution in [1.82, 2.24) is 30.0 Å². The summed E-state index contributed by atoms with van der Waals surface area (Å²) in [6.07, 6.45) is 5.14. The summed E-state index contributed by atoms with van der Waals surface area (Å²) in [4.78, 5) is 26.3. The maximum absolute atomic E-state index is 13.5. The third-order valence-corrected chi connectivity index (χ3v) is 6.30. The van der Waals surface area contributed by atoms with E-state index in [-0.39, 0.29) is 18.3 Å². The number of anilines is 1. The van der Waals surface area contributed by atoms with Gasteiger partial charge >= 0.3 is 0 Å². The van der Waals surface area contributed by atoms with E-state index in [1.165, 1.54) is 12.1 Å². The molecule has 4 aromatic heterocycles. The zero-order valence-corrected chi connectivity index (χ0v) is 20.8. The van der Waals surface area contributed by atoms with Crippen molar-refractivity contribution < 1.29 is 9.18 Å². The zero-order chi connectivity index (χ0) is 26.2. The van der Waals surface area contributed by atoms with Gasteiger partial charge < -0.3 is 15.2 Å². The summed E-state index contributed by atoms with van der Waals surface area (Å²) < 4.78 is 13.5. The van der Waals surface area contributed by atoms with Gasteiger partial charge in [0.15, 0.2) is 0 Å². The SMILES string of the molecule is CN(C)CC(=O)Nc1cncc(-c2ccc3[nH]nc(-c4cc5c(-c6ccc(F)cc6)nccc5[nH]4)c3c2)c1. The van der Waals surface area contributed by atoms with Gasteiger partial charge in [0.2, 0.25) is 5.91 Å². The van der Waals surface area contributed by atoms with Crippen molar-refractivity contribution in [2.75, 3.05) is 26.0 Å². The molecule has 0 aliphatic carbocycles. The number of aromatic nitrogens is 5. The van der Waals surface area contributed by atoms with Crippen molar-refractivity contribution >= 4 is 33.4 Å². The number of carbonyl (C=O) groups is 1. The average Bonchev–Trinajstić information content (AvgIpc) is 3.52. The highest BCUT2D eigenvalue weighted by molar-refractivity contribution is 6.01. The maximum atomic E-state index is 13.5. The lowest BCUT2D eigenvalue weighted by molar-refractivity contribution is -0.116. The van der Waals surface area contributed by atoms with E-state index in [1.807, 2.05) is 49.3 Å². The van der Waals surface area contributed by atoms with Crippen LogP contribution in [-0.4, -0.2) is 56.6 Å². The molecule has 9 heteroatoms. The number of rotatable bonds is 6. The third kappa shape index (κ3) is 4.51. The highest BCUT2D eigenvalue weighted by atomic mass is 19.1. The summed E-state index contributed by atoms with van der Waals surface area (Å²) in [6, 6.07) is 18.2. The molecule has 2 aromatic carbocycles. The second-order valence-corrected chi connectivity index (χ2v) is 9.39. The first-order valence-corrected chi connectivity index (χ1v) is 12.1. The quantitative estimate of drug-likeness (QED) is 0.278. The smallest absolute Gasteiger partial charge is 0.238 e. The minimum absolute atomic E-state index is 0.102. The Labute approximate surface area is 217 Å². The fourth-order valence-electron chi connectivity index (χ4n) is 4.57. The Morgan fingerprint density at radius 3 is 2.50 bits per heavy atom. The standard InChI is InChI=1S/C29H24FN7O/c1-37(2)16-27(38)33-21-11-19(14-31-15-21)18-5-8-25-22(12-18)29(36-35-25)26-13-23-24(34-26)9-10-32-28(23)17-3-6-20(30)7-4-17/h3-15,34H,16H2,1-2H3,(H,33,38)(H,35,36). The molecule has 6 aromatic rings. The van der Waals surface area contributed by atoms with Gasteiger partial charge in [0.1, 0.15) is 11.5 Å². The van der Waals surface area contributed by atoms with E-state index in [0.717, 1.165) is 55.6 Å². The number of likely N-dealkylation sites (N-methyl/N-ethyl adjacent to an activating group) is 1. The lowest BCUT2D eigenvalue weighted by Crippen LogP contribution is -2.27. The molecular formula is C29H24FN7O. The van der Waals surface area contributed by atoms with Crippen LogP contribution >= 0.6 is 0 Å². The first-order valence-electron chi connectivity index (χ1n) is 12.1. The molecular weight excluding hydrogens is 481 g/mol. The van der Waals surface area contributed by atoms with Crippen molar-refractivity contribution in [2.45, 2.75) is 0 Å². The monoisotopic (exact) mass is 505 g/mol.